The van der Waals surface area contributed by atoms with Crippen molar-refractivity contribution < 1.29 is 17.9 Å². The molecule has 8 nitrogen and oxygen atoms in total. The average Bonchev–Trinajstić information content (AvgIpc) is 3.21. The van der Waals surface area contributed by atoms with Gasteiger partial charge in [-0.1, -0.05) is 23.7 Å². The van der Waals surface area contributed by atoms with Crippen LogP contribution in [0, 0.1) is 0 Å². The molecule has 0 aliphatic carbocycles. The summed E-state index contributed by atoms with van der Waals surface area (Å²) in [4.78, 5) is 25.1. The van der Waals surface area contributed by atoms with Crippen LogP contribution >= 0.6 is 11.6 Å². The summed E-state index contributed by atoms with van der Waals surface area (Å²) in [7, 11) is -3.72. The van der Waals surface area contributed by atoms with Gasteiger partial charge in [-0.15, -0.1) is 0 Å². The smallest absolute Gasteiger partial charge is 0.245 e. The molecule has 0 radical (unpaired) electrons. The van der Waals surface area contributed by atoms with Crippen LogP contribution in [-0.2, 0) is 19.4 Å². The van der Waals surface area contributed by atoms with Crippen molar-refractivity contribution >= 4 is 33.2 Å². The molecule has 2 saturated heterocycles. The number of hydrogen-bond donors (Lipinski definition) is 0. The lowest BCUT2D eigenvalue weighted by molar-refractivity contribution is -0.136. The Balaban J connectivity index is 1.66. The van der Waals surface area contributed by atoms with Crippen molar-refractivity contribution in [3.63, 3.8) is 0 Å². The molecular formula is C19H21ClN4O4S. The molecule has 0 saturated carbocycles. The first kappa shape index (κ1) is 20.1. The Morgan fingerprint density at radius 2 is 1.93 bits per heavy atom. The zero-order valence-electron chi connectivity index (χ0n) is 15.6. The quantitative estimate of drug-likeness (QED) is 0.715. The van der Waals surface area contributed by atoms with Crippen LogP contribution in [0.4, 0.5) is 5.82 Å². The number of anilines is 1. The number of morpholine rings is 1. The summed E-state index contributed by atoms with van der Waals surface area (Å²) in [6, 6.07) is 5.76. The maximum atomic E-state index is 13.3. The first-order valence-electron chi connectivity index (χ1n) is 9.36. The lowest BCUT2D eigenvalue weighted by atomic mass is 10.2. The van der Waals surface area contributed by atoms with E-state index in [1.807, 2.05) is 0 Å². The molecule has 2 aliphatic heterocycles. The van der Waals surface area contributed by atoms with Crippen molar-refractivity contribution in [2.75, 3.05) is 37.7 Å². The highest BCUT2D eigenvalue weighted by molar-refractivity contribution is 7.92. The Hall–Kier alpha value is -2.23. The Morgan fingerprint density at radius 3 is 2.62 bits per heavy atom. The molecule has 0 spiro atoms. The first-order chi connectivity index (χ1) is 14.0. The molecular weight excluding hydrogens is 416 g/mol. The third-order valence-corrected chi connectivity index (χ3v) is 7.93. The van der Waals surface area contributed by atoms with Gasteiger partial charge in [-0.25, -0.2) is 13.4 Å². The minimum absolute atomic E-state index is 0.0882. The summed E-state index contributed by atoms with van der Waals surface area (Å²) in [5.74, 6) is 0.367. The lowest BCUT2D eigenvalue weighted by Gasteiger charge is -2.32. The van der Waals surface area contributed by atoms with Gasteiger partial charge in [0.15, 0.2) is 9.84 Å². The van der Waals surface area contributed by atoms with E-state index in [9.17, 15) is 13.2 Å². The molecule has 2 fully saturated rings. The SMILES string of the molecule is O=C([C@@H]1C[C@H](S(=O)(=O)c2ccccc2Cl)CN1c1cnccn1)N1CCOCC1. The van der Waals surface area contributed by atoms with Gasteiger partial charge in [0.05, 0.1) is 34.6 Å². The predicted molar refractivity (Wildman–Crippen MR) is 108 cm³/mol. The summed E-state index contributed by atoms with van der Waals surface area (Å²) in [6.45, 7) is 2.08. The molecule has 2 aromatic rings. The highest BCUT2D eigenvalue weighted by Gasteiger charge is 2.45. The van der Waals surface area contributed by atoms with Crippen molar-refractivity contribution in [2.45, 2.75) is 22.6 Å². The number of carbonyl (C=O) groups excluding carboxylic acids is 1. The minimum Gasteiger partial charge on any atom is -0.378 e. The molecule has 4 rings (SSSR count). The van der Waals surface area contributed by atoms with Crippen LogP contribution in [-0.4, -0.2) is 73.3 Å². The molecule has 29 heavy (non-hydrogen) atoms. The van der Waals surface area contributed by atoms with E-state index in [1.165, 1.54) is 18.5 Å². The van der Waals surface area contributed by atoms with Gasteiger partial charge in [-0.3, -0.25) is 9.78 Å². The van der Waals surface area contributed by atoms with E-state index in [2.05, 4.69) is 9.97 Å². The molecule has 154 valence electrons. The van der Waals surface area contributed by atoms with Gasteiger partial charge >= 0.3 is 0 Å². The standard InChI is InChI=1S/C19H21ClN4O4S/c20-15-3-1-2-4-17(15)29(26,27)14-11-16(19(25)23-7-9-28-10-8-23)24(13-14)18-12-21-5-6-22-18/h1-6,12,14,16H,7-11,13H2/t14-,16-/m0/s1. The predicted octanol–water partition coefficient (Wildman–Crippen LogP) is 1.41. The molecule has 1 aromatic heterocycles. The van der Waals surface area contributed by atoms with Gasteiger partial charge in [0.25, 0.3) is 0 Å². The fourth-order valence-corrected chi connectivity index (χ4v) is 6.02. The van der Waals surface area contributed by atoms with E-state index < -0.39 is 21.1 Å². The number of halogens is 1. The number of hydrogen-bond acceptors (Lipinski definition) is 7. The molecule has 0 N–H and O–H groups in total. The molecule has 0 bridgehead atoms. The highest BCUT2D eigenvalue weighted by Crippen LogP contribution is 2.34. The summed E-state index contributed by atoms with van der Waals surface area (Å²) in [5, 5.41) is -0.596. The number of amides is 1. The van der Waals surface area contributed by atoms with Crippen molar-refractivity contribution in [3.05, 3.63) is 47.9 Å². The van der Waals surface area contributed by atoms with Crippen molar-refractivity contribution in [3.8, 4) is 0 Å². The molecule has 10 heteroatoms. The van der Waals surface area contributed by atoms with Gasteiger partial charge in [-0.2, -0.15) is 0 Å². The fraction of sp³-hybridized carbons (Fsp3) is 0.421. The summed E-state index contributed by atoms with van der Waals surface area (Å²) in [6.07, 6.45) is 4.78. The molecule has 3 heterocycles. The van der Waals surface area contributed by atoms with Crippen LogP contribution in [0.1, 0.15) is 6.42 Å². The molecule has 1 amide bonds. The van der Waals surface area contributed by atoms with Gasteiger partial charge in [0, 0.05) is 32.0 Å². The van der Waals surface area contributed by atoms with E-state index in [0.29, 0.717) is 32.1 Å². The second kappa shape index (κ2) is 8.25. The van der Waals surface area contributed by atoms with E-state index in [1.54, 1.807) is 34.2 Å². The van der Waals surface area contributed by atoms with Gasteiger partial charge in [-0.05, 0) is 18.6 Å². The number of carbonyl (C=O) groups is 1. The highest BCUT2D eigenvalue weighted by atomic mass is 35.5. The summed E-state index contributed by atoms with van der Waals surface area (Å²) < 4.78 is 31.9. The second-order valence-electron chi connectivity index (χ2n) is 7.00. The number of aromatic nitrogens is 2. The fourth-order valence-electron chi connectivity index (χ4n) is 3.80. The maximum absolute atomic E-state index is 13.3. The van der Waals surface area contributed by atoms with E-state index in [0.717, 1.165) is 0 Å². The normalized spacial score (nSPS) is 22.7. The summed E-state index contributed by atoms with van der Waals surface area (Å²) >= 11 is 6.16. The van der Waals surface area contributed by atoms with Crippen molar-refractivity contribution in [1.82, 2.24) is 14.9 Å². The minimum atomic E-state index is -3.72. The number of nitrogens with zero attached hydrogens (tertiary/aromatic N) is 4. The van der Waals surface area contributed by atoms with E-state index in [4.69, 9.17) is 16.3 Å². The number of sulfone groups is 1. The van der Waals surface area contributed by atoms with Gasteiger partial charge in [0.2, 0.25) is 5.91 Å². The number of rotatable bonds is 4. The lowest BCUT2D eigenvalue weighted by Crippen LogP contribution is -2.50. The van der Waals surface area contributed by atoms with Crippen molar-refractivity contribution in [2.24, 2.45) is 0 Å². The zero-order chi connectivity index (χ0) is 20.4. The molecule has 0 unspecified atom stereocenters. The van der Waals surface area contributed by atoms with Crippen LogP contribution in [0.3, 0.4) is 0 Å². The van der Waals surface area contributed by atoms with Crippen LogP contribution < -0.4 is 4.90 Å². The van der Waals surface area contributed by atoms with Gasteiger partial charge in [0.1, 0.15) is 11.9 Å². The zero-order valence-corrected chi connectivity index (χ0v) is 17.2. The maximum Gasteiger partial charge on any atom is 0.245 e. The first-order valence-corrected chi connectivity index (χ1v) is 11.3. The van der Waals surface area contributed by atoms with Crippen LogP contribution in [0.25, 0.3) is 0 Å². The number of benzene rings is 1. The second-order valence-corrected chi connectivity index (χ2v) is 9.61. The van der Waals surface area contributed by atoms with Crippen molar-refractivity contribution in [1.29, 1.82) is 0 Å². The number of ether oxygens (including phenoxy) is 1. The largest absolute Gasteiger partial charge is 0.378 e. The molecule has 2 aliphatic rings. The van der Waals surface area contributed by atoms with E-state index >= 15 is 0 Å². The Kier molecular flexibility index (Phi) is 5.71. The Bertz CT molecular complexity index is 983. The average molecular weight is 437 g/mol. The van der Waals surface area contributed by atoms with Gasteiger partial charge < -0.3 is 14.5 Å². The molecule has 1 aromatic carbocycles. The van der Waals surface area contributed by atoms with Crippen LogP contribution in [0.2, 0.25) is 5.02 Å². The Morgan fingerprint density at radius 1 is 1.17 bits per heavy atom. The molecule has 2 atom stereocenters. The van der Waals surface area contributed by atoms with Crippen LogP contribution in [0.15, 0.2) is 47.8 Å². The third-order valence-electron chi connectivity index (χ3n) is 5.30. The monoisotopic (exact) mass is 436 g/mol. The van der Waals surface area contributed by atoms with Crippen LogP contribution in [0.5, 0.6) is 0 Å². The third kappa shape index (κ3) is 3.94. The van der Waals surface area contributed by atoms with E-state index in [-0.39, 0.29) is 28.8 Å². The summed E-state index contributed by atoms with van der Waals surface area (Å²) in [5.41, 5.74) is 0. The Labute approximate surface area is 174 Å². The topological polar surface area (TPSA) is 92.7 Å².